The molecule has 0 radical (unpaired) electrons. The van der Waals surface area contributed by atoms with Crippen molar-refractivity contribution in [3.8, 4) is 5.75 Å². The van der Waals surface area contributed by atoms with Crippen LogP contribution >= 0.6 is 0 Å². The van der Waals surface area contributed by atoms with Gasteiger partial charge in [0.1, 0.15) is 5.75 Å². The van der Waals surface area contributed by atoms with Crippen LogP contribution in [-0.4, -0.2) is 24.5 Å². The van der Waals surface area contributed by atoms with Crippen LogP contribution in [0.4, 0.5) is 11.4 Å². The Labute approximate surface area is 147 Å². The summed E-state index contributed by atoms with van der Waals surface area (Å²) in [6.45, 7) is 6.03. The van der Waals surface area contributed by atoms with Crippen molar-refractivity contribution in [3.05, 3.63) is 53.6 Å². The molecule has 3 rings (SSSR count). The molecule has 1 N–H and O–H groups in total. The molecular weight excluding hydrogens is 316 g/mol. The zero-order valence-corrected chi connectivity index (χ0v) is 14.7. The van der Waals surface area contributed by atoms with Gasteiger partial charge in [0.2, 0.25) is 5.91 Å². The predicted molar refractivity (Wildman–Crippen MR) is 98.0 cm³/mol. The number of ether oxygens (including phenoxy) is 1. The maximum Gasteiger partial charge on any atom is 0.267 e. The molecule has 1 aliphatic rings. The van der Waals surface area contributed by atoms with E-state index in [9.17, 15) is 9.59 Å². The lowest BCUT2D eigenvalue weighted by Crippen LogP contribution is -2.45. The molecule has 0 unspecified atom stereocenters. The van der Waals surface area contributed by atoms with Gasteiger partial charge in [0.05, 0.1) is 5.69 Å². The van der Waals surface area contributed by atoms with Gasteiger partial charge < -0.3 is 15.0 Å². The zero-order valence-electron chi connectivity index (χ0n) is 14.7. The Bertz CT molecular complexity index is 816. The fourth-order valence-electron chi connectivity index (χ4n) is 2.90. The normalized spacial score (nSPS) is 16.2. The molecule has 1 atom stereocenters. The zero-order chi connectivity index (χ0) is 18.0. The molecule has 0 aliphatic carbocycles. The van der Waals surface area contributed by atoms with E-state index in [0.29, 0.717) is 18.0 Å². The van der Waals surface area contributed by atoms with Gasteiger partial charge in [0.25, 0.3) is 5.91 Å². The van der Waals surface area contributed by atoms with E-state index >= 15 is 0 Å². The molecule has 2 amide bonds. The van der Waals surface area contributed by atoms with E-state index in [0.717, 1.165) is 16.8 Å². The lowest BCUT2D eigenvalue weighted by Gasteiger charge is -2.32. The number of fused-ring (bicyclic) bond motifs is 1. The van der Waals surface area contributed by atoms with E-state index in [-0.39, 0.29) is 18.2 Å². The van der Waals surface area contributed by atoms with Gasteiger partial charge in [-0.15, -0.1) is 0 Å². The first-order valence-corrected chi connectivity index (χ1v) is 8.40. The summed E-state index contributed by atoms with van der Waals surface area (Å²) in [4.78, 5) is 26.4. The molecule has 1 aliphatic heterocycles. The number of anilines is 2. The molecule has 0 saturated heterocycles. The van der Waals surface area contributed by atoms with Gasteiger partial charge in [-0.3, -0.25) is 9.59 Å². The number of nitrogens with zero attached hydrogens (tertiary/aromatic N) is 1. The van der Waals surface area contributed by atoms with Crippen molar-refractivity contribution in [2.75, 3.05) is 16.8 Å². The number of carbonyl (C=O) groups is 2. The molecule has 1 heterocycles. The van der Waals surface area contributed by atoms with Crippen LogP contribution in [0, 0.1) is 13.8 Å². The van der Waals surface area contributed by atoms with Crippen molar-refractivity contribution in [1.82, 2.24) is 0 Å². The fourth-order valence-corrected chi connectivity index (χ4v) is 2.90. The second-order valence-electron chi connectivity index (χ2n) is 6.26. The number of hydrogen-bond acceptors (Lipinski definition) is 3. The van der Waals surface area contributed by atoms with Gasteiger partial charge in [0.15, 0.2) is 6.10 Å². The first-order chi connectivity index (χ1) is 12.0. The number of carbonyl (C=O) groups excluding carboxylic acids is 2. The van der Waals surface area contributed by atoms with Gasteiger partial charge in [0, 0.05) is 18.7 Å². The van der Waals surface area contributed by atoms with Crippen LogP contribution in [0.1, 0.15) is 24.5 Å². The van der Waals surface area contributed by atoms with E-state index in [1.807, 2.05) is 56.3 Å². The number of para-hydroxylation sites is 2. The Balaban J connectivity index is 1.69. The molecule has 0 bridgehead atoms. The molecule has 25 heavy (non-hydrogen) atoms. The highest BCUT2D eigenvalue weighted by atomic mass is 16.5. The van der Waals surface area contributed by atoms with Crippen LogP contribution in [-0.2, 0) is 9.59 Å². The molecule has 0 aromatic heterocycles. The van der Waals surface area contributed by atoms with Gasteiger partial charge in [-0.05, 0) is 50.1 Å². The Kier molecular flexibility index (Phi) is 4.74. The number of nitrogens with one attached hydrogen (secondary N) is 1. The van der Waals surface area contributed by atoms with Crippen LogP contribution in [0.5, 0.6) is 5.75 Å². The molecular formula is C20H22N2O3. The molecule has 2 aromatic carbocycles. The van der Waals surface area contributed by atoms with Crippen LogP contribution in [0.2, 0.25) is 0 Å². The standard InChI is InChI=1S/C20H22N2O3/c1-13-7-6-8-16(14(13)2)21-19(23)11-12-22-17-9-4-5-10-18(17)25-15(3)20(22)24/h4-10,15H,11-12H2,1-3H3,(H,21,23)/t15-/m1/s1. The highest BCUT2D eigenvalue weighted by Crippen LogP contribution is 2.33. The maximum atomic E-state index is 12.4. The lowest BCUT2D eigenvalue weighted by atomic mass is 10.1. The summed E-state index contributed by atoms with van der Waals surface area (Å²) in [6.07, 6.45) is -0.322. The molecule has 0 saturated carbocycles. The minimum absolute atomic E-state index is 0.113. The summed E-state index contributed by atoms with van der Waals surface area (Å²) >= 11 is 0. The maximum absolute atomic E-state index is 12.4. The van der Waals surface area contributed by atoms with E-state index in [2.05, 4.69) is 5.32 Å². The van der Waals surface area contributed by atoms with Crippen LogP contribution < -0.4 is 15.0 Å². The first kappa shape index (κ1) is 17.0. The number of rotatable bonds is 4. The number of amides is 2. The van der Waals surface area contributed by atoms with Crippen molar-refractivity contribution in [3.63, 3.8) is 0 Å². The summed E-state index contributed by atoms with van der Waals surface area (Å²) in [7, 11) is 0. The Morgan fingerprint density at radius 1 is 1.16 bits per heavy atom. The predicted octanol–water partition coefficient (Wildman–Crippen LogP) is 3.45. The summed E-state index contributed by atoms with van der Waals surface area (Å²) in [5.74, 6) is 0.431. The van der Waals surface area contributed by atoms with E-state index in [1.54, 1.807) is 11.8 Å². The van der Waals surface area contributed by atoms with E-state index < -0.39 is 6.10 Å². The Morgan fingerprint density at radius 2 is 1.92 bits per heavy atom. The van der Waals surface area contributed by atoms with Gasteiger partial charge in [-0.2, -0.15) is 0 Å². The fraction of sp³-hybridized carbons (Fsp3) is 0.300. The summed E-state index contributed by atoms with van der Waals surface area (Å²) < 4.78 is 5.61. The average molecular weight is 338 g/mol. The van der Waals surface area contributed by atoms with Crippen LogP contribution in [0.25, 0.3) is 0 Å². The smallest absolute Gasteiger partial charge is 0.267 e. The van der Waals surface area contributed by atoms with Crippen molar-refractivity contribution >= 4 is 23.2 Å². The second-order valence-corrected chi connectivity index (χ2v) is 6.26. The van der Waals surface area contributed by atoms with Gasteiger partial charge >= 0.3 is 0 Å². The first-order valence-electron chi connectivity index (χ1n) is 8.40. The molecule has 130 valence electrons. The highest BCUT2D eigenvalue weighted by molar-refractivity contribution is 6.01. The number of hydrogen-bond donors (Lipinski definition) is 1. The summed E-state index contributed by atoms with van der Waals surface area (Å²) in [6, 6.07) is 13.2. The minimum atomic E-state index is -0.544. The number of benzene rings is 2. The SMILES string of the molecule is Cc1cccc(NC(=O)CCN2C(=O)[C@@H](C)Oc3ccccc32)c1C. The molecule has 5 heteroatoms. The largest absolute Gasteiger partial charge is 0.479 e. The van der Waals surface area contributed by atoms with E-state index in [4.69, 9.17) is 4.74 Å². The molecule has 0 spiro atoms. The minimum Gasteiger partial charge on any atom is -0.479 e. The Hall–Kier alpha value is -2.82. The third kappa shape index (κ3) is 3.50. The van der Waals surface area contributed by atoms with Crippen LogP contribution in [0.15, 0.2) is 42.5 Å². The summed E-state index contributed by atoms with van der Waals surface area (Å²) in [5, 5.41) is 2.93. The average Bonchev–Trinajstić information content (AvgIpc) is 2.59. The third-order valence-electron chi connectivity index (χ3n) is 4.51. The number of aryl methyl sites for hydroxylation is 1. The lowest BCUT2D eigenvalue weighted by molar-refractivity contribution is -0.125. The van der Waals surface area contributed by atoms with Crippen LogP contribution in [0.3, 0.4) is 0 Å². The van der Waals surface area contributed by atoms with Gasteiger partial charge in [-0.1, -0.05) is 24.3 Å². The van der Waals surface area contributed by atoms with Crippen molar-refractivity contribution in [2.24, 2.45) is 0 Å². The third-order valence-corrected chi connectivity index (χ3v) is 4.51. The van der Waals surface area contributed by atoms with Crippen molar-refractivity contribution < 1.29 is 14.3 Å². The monoisotopic (exact) mass is 338 g/mol. The topological polar surface area (TPSA) is 58.6 Å². The Morgan fingerprint density at radius 3 is 2.72 bits per heavy atom. The van der Waals surface area contributed by atoms with E-state index in [1.165, 1.54) is 0 Å². The highest BCUT2D eigenvalue weighted by Gasteiger charge is 2.31. The molecule has 2 aromatic rings. The van der Waals surface area contributed by atoms with Crippen molar-refractivity contribution in [1.29, 1.82) is 0 Å². The summed E-state index contributed by atoms with van der Waals surface area (Å²) in [5.41, 5.74) is 3.71. The second kappa shape index (κ2) is 6.97. The quantitative estimate of drug-likeness (QED) is 0.929. The molecule has 0 fully saturated rings. The van der Waals surface area contributed by atoms with Crippen molar-refractivity contribution in [2.45, 2.75) is 33.3 Å². The molecule has 5 nitrogen and oxygen atoms in total. The van der Waals surface area contributed by atoms with Gasteiger partial charge in [-0.25, -0.2) is 0 Å².